The van der Waals surface area contributed by atoms with Crippen LogP contribution < -0.4 is 20.7 Å². The van der Waals surface area contributed by atoms with Crippen LogP contribution in [-0.4, -0.2) is 25.0 Å². The maximum Gasteiger partial charge on any atom is 0.251 e. The fraction of sp³-hybridized carbons (Fsp3) is 0.308. The van der Waals surface area contributed by atoms with E-state index in [-0.39, 0.29) is 18.4 Å². The number of rotatable bonds is 13. The number of hydrogen-bond acceptors (Lipinski definition) is 5. The normalized spacial score (nSPS) is 10.5. The van der Waals surface area contributed by atoms with Gasteiger partial charge in [0, 0.05) is 16.9 Å². The second-order valence-electron chi connectivity index (χ2n) is 7.67. The van der Waals surface area contributed by atoms with Gasteiger partial charge in [0.25, 0.3) is 5.91 Å². The van der Waals surface area contributed by atoms with Gasteiger partial charge in [-0.2, -0.15) is 0 Å². The van der Waals surface area contributed by atoms with E-state index in [0.29, 0.717) is 30.2 Å². The summed E-state index contributed by atoms with van der Waals surface area (Å²) >= 11 is 0. The molecule has 3 N–H and O–H groups in total. The zero-order chi connectivity index (χ0) is 23.3. The van der Waals surface area contributed by atoms with Crippen LogP contribution in [0.1, 0.15) is 48.7 Å². The first-order chi connectivity index (χ1) is 16.1. The summed E-state index contributed by atoms with van der Waals surface area (Å²) in [7, 11) is 0. The number of unbranched alkanes of at least 4 members (excludes halogenated alkanes) is 3. The highest BCUT2D eigenvalue weighted by Crippen LogP contribution is 2.16. The summed E-state index contributed by atoms with van der Waals surface area (Å²) in [5.41, 5.74) is 1.99. The van der Waals surface area contributed by atoms with Crippen LogP contribution in [0.5, 0.6) is 5.75 Å². The molecule has 1 aromatic heterocycles. The number of furan rings is 1. The van der Waals surface area contributed by atoms with Gasteiger partial charge in [0.15, 0.2) is 0 Å². The molecule has 2 amide bonds. The Morgan fingerprint density at radius 3 is 2.36 bits per heavy atom. The average Bonchev–Trinajstić information content (AvgIpc) is 3.36. The monoisotopic (exact) mass is 449 g/mol. The van der Waals surface area contributed by atoms with Gasteiger partial charge >= 0.3 is 0 Å². The third-order valence-electron chi connectivity index (χ3n) is 5.01. The Morgan fingerprint density at radius 1 is 0.909 bits per heavy atom. The quantitative estimate of drug-likeness (QED) is 0.311. The van der Waals surface area contributed by atoms with Gasteiger partial charge in [0.1, 0.15) is 11.5 Å². The molecule has 2 aromatic carbocycles. The van der Waals surface area contributed by atoms with E-state index in [1.54, 1.807) is 42.7 Å². The van der Waals surface area contributed by atoms with Gasteiger partial charge in [-0.05, 0) is 67.1 Å². The molecule has 0 aliphatic heterocycles. The lowest BCUT2D eigenvalue weighted by Gasteiger charge is -2.10. The number of carbonyl (C=O) groups is 2. The van der Waals surface area contributed by atoms with Gasteiger partial charge < -0.3 is 25.1 Å². The molecule has 174 valence electrons. The molecule has 7 nitrogen and oxygen atoms in total. The average molecular weight is 450 g/mol. The van der Waals surface area contributed by atoms with Gasteiger partial charge in [-0.1, -0.05) is 26.2 Å². The van der Waals surface area contributed by atoms with Gasteiger partial charge in [-0.25, -0.2) is 0 Å². The van der Waals surface area contributed by atoms with Crippen molar-refractivity contribution in [1.82, 2.24) is 5.32 Å². The van der Waals surface area contributed by atoms with E-state index >= 15 is 0 Å². The zero-order valence-corrected chi connectivity index (χ0v) is 18.9. The van der Waals surface area contributed by atoms with E-state index in [4.69, 9.17) is 9.15 Å². The van der Waals surface area contributed by atoms with Crippen molar-refractivity contribution in [2.24, 2.45) is 0 Å². The third-order valence-corrected chi connectivity index (χ3v) is 5.01. The van der Waals surface area contributed by atoms with E-state index in [2.05, 4.69) is 22.9 Å². The predicted molar refractivity (Wildman–Crippen MR) is 130 cm³/mol. The summed E-state index contributed by atoms with van der Waals surface area (Å²) in [4.78, 5) is 24.4. The van der Waals surface area contributed by atoms with Crippen LogP contribution in [-0.2, 0) is 11.3 Å². The molecule has 0 atom stereocenters. The van der Waals surface area contributed by atoms with Crippen molar-refractivity contribution in [1.29, 1.82) is 0 Å². The summed E-state index contributed by atoms with van der Waals surface area (Å²) < 4.78 is 10.9. The highest BCUT2D eigenvalue weighted by molar-refractivity contribution is 5.95. The topological polar surface area (TPSA) is 92.6 Å². The minimum absolute atomic E-state index is 0.111. The molecule has 0 unspecified atom stereocenters. The van der Waals surface area contributed by atoms with Crippen LogP contribution in [0.25, 0.3) is 0 Å². The second-order valence-corrected chi connectivity index (χ2v) is 7.67. The molecule has 0 aliphatic carbocycles. The van der Waals surface area contributed by atoms with E-state index < -0.39 is 0 Å². The zero-order valence-electron chi connectivity index (χ0n) is 18.9. The fourth-order valence-electron chi connectivity index (χ4n) is 3.16. The van der Waals surface area contributed by atoms with E-state index in [1.165, 1.54) is 19.3 Å². The predicted octanol–water partition coefficient (Wildman–Crippen LogP) is 5.22. The summed E-state index contributed by atoms with van der Waals surface area (Å²) in [6, 6.07) is 17.9. The Morgan fingerprint density at radius 2 is 1.67 bits per heavy atom. The van der Waals surface area contributed by atoms with Crippen LogP contribution >= 0.6 is 0 Å². The number of carbonyl (C=O) groups excluding carboxylic acids is 2. The molecule has 7 heteroatoms. The molecule has 0 saturated heterocycles. The minimum atomic E-state index is -0.191. The Hall–Kier alpha value is -3.74. The number of benzene rings is 2. The van der Waals surface area contributed by atoms with Crippen LogP contribution in [0.4, 0.5) is 11.4 Å². The van der Waals surface area contributed by atoms with Crippen LogP contribution in [0.3, 0.4) is 0 Å². The molecule has 3 rings (SSSR count). The number of ether oxygens (including phenoxy) is 1. The fourth-order valence-corrected chi connectivity index (χ4v) is 3.16. The van der Waals surface area contributed by atoms with Gasteiger partial charge in [-0.15, -0.1) is 0 Å². The first-order valence-corrected chi connectivity index (χ1v) is 11.3. The molecule has 0 radical (unpaired) electrons. The van der Waals surface area contributed by atoms with E-state index in [9.17, 15) is 9.59 Å². The summed E-state index contributed by atoms with van der Waals surface area (Å²) in [6.07, 6.45) is 6.24. The number of hydrogen-bond donors (Lipinski definition) is 3. The van der Waals surface area contributed by atoms with Crippen molar-refractivity contribution in [3.63, 3.8) is 0 Å². The highest BCUT2D eigenvalue weighted by Gasteiger charge is 2.07. The molecule has 0 aliphatic rings. The maximum atomic E-state index is 12.2. The molecule has 1 heterocycles. The van der Waals surface area contributed by atoms with Crippen molar-refractivity contribution in [3.05, 3.63) is 78.3 Å². The first kappa shape index (κ1) is 23.9. The Bertz CT molecular complexity index is 983. The van der Waals surface area contributed by atoms with Crippen molar-refractivity contribution < 1.29 is 18.7 Å². The summed E-state index contributed by atoms with van der Waals surface area (Å²) in [6.45, 7) is 3.34. The molecule has 0 bridgehead atoms. The van der Waals surface area contributed by atoms with Gasteiger partial charge in [-0.3, -0.25) is 9.59 Å². The smallest absolute Gasteiger partial charge is 0.251 e. The number of amides is 2. The lowest BCUT2D eigenvalue weighted by molar-refractivity contribution is -0.114. The molecule has 0 spiro atoms. The van der Waals surface area contributed by atoms with Crippen molar-refractivity contribution in [2.45, 2.75) is 39.2 Å². The molecule has 0 fully saturated rings. The standard InChI is InChI=1S/C26H31N3O4/c1-2-3-4-5-16-32-23-14-12-22(13-15-23)29-25(30)19-27-21-10-8-20(9-11-21)26(31)28-18-24-7-6-17-33-24/h6-15,17,27H,2-5,16,18-19H2,1H3,(H,28,31)(H,29,30). The van der Waals surface area contributed by atoms with E-state index in [1.807, 2.05) is 24.3 Å². The van der Waals surface area contributed by atoms with Crippen molar-refractivity contribution in [3.8, 4) is 5.75 Å². The van der Waals surface area contributed by atoms with Crippen LogP contribution in [0.2, 0.25) is 0 Å². The van der Waals surface area contributed by atoms with Crippen LogP contribution in [0.15, 0.2) is 71.3 Å². The Labute approximate surface area is 194 Å². The number of nitrogens with one attached hydrogen (secondary N) is 3. The lowest BCUT2D eigenvalue weighted by atomic mass is 10.2. The van der Waals surface area contributed by atoms with Crippen LogP contribution in [0, 0.1) is 0 Å². The van der Waals surface area contributed by atoms with Crippen molar-refractivity contribution in [2.75, 3.05) is 23.8 Å². The first-order valence-electron chi connectivity index (χ1n) is 11.3. The summed E-state index contributed by atoms with van der Waals surface area (Å²) in [5, 5.41) is 8.71. The highest BCUT2D eigenvalue weighted by atomic mass is 16.5. The third kappa shape index (κ3) is 8.37. The van der Waals surface area contributed by atoms with Gasteiger partial charge in [0.05, 0.1) is 26.0 Å². The SMILES string of the molecule is CCCCCCOc1ccc(NC(=O)CNc2ccc(C(=O)NCc3ccco3)cc2)cc1. The van der Waals surface area contributed by atoms with Crippen molar-refractivity contribution >= 4 is 23.2 Å². The Kier molecular flexibility index (Phi) is 9.39. The largest absolute Gasteiger partial charge is 0.494 e. The molecule has 3 aromatic rings. The lowest BCUT2D eigenvalue weighted by Crippen LogP contribution is -2.23. The molecule has 0 saturated carbocycles. The number of anilines is 2. The molecular weight excluding hydrogens is 418 g/mol. The Balaban J connectivity index is 1.37. The second kappa shape index (κ2) is 13.0. The van der Waals surface area contributed by atoms with E-state index in [0.717, 1.165) is 17.9 Å². The molecule has 33 heavy (non-hydrogen) atoms. The summed E-state index contributed by atoms with van der Waals surface area (Å²) in [5.74, 6) is 1.14. The molecular formula is C26H31N3O4. The maximum absolute atomic E-state index is 12.2. The minimum Gasteiger partial charge on any atom is -0.494 e. The van der Waals surface area contributed by atoms with Gasteiger partial charge in [0.2, 0.25) is 5.91 Å².